The highest BCUT2D eigenvalue weighted by Gasteiger charge is 2.39. The van der Waals surface area contributed by atoms with E-state index in [-0.39, 0.29) is 24.3 Å². The first kappa shape index (κ1) is 13.6. The zero-order valence-electron chi connectivity index (χ0n) is 11.6. The SMILES string of the molecule is CCc1ccc(NC2CC(=O)N(C(C)C)C2=O)cc1. The van der Waals surface area contributed by atoms with Crippen molar-refractivity contribution < 1.29 is 9.59 Å². The number of amides is 2. The lowest BCUT2D eigenvalue weighted by atomic mass is 10.1. The van der Waals surface area contributed by atoms with Crippen LogP contribution in [0.2, 0.25) is 0 Å². The molecule has 1 atom stereocenters. The second kappa shape index (κ2) is 5.43. The normalized spacial score (nSPS) is 19.4. The van der Waals surface area contributed by atoms with Gasteiger partial charge in [-0.15, -0.1) is 0 Å². The molecule has 4 nitrogen and oxygen atoms in total. The van der Waals surface area contributed by atoms with Crippen molar-refractivity contribution in [1.29, 1.82) is 0 Å². The molecule has 2 amide bonds. The molecule has 102 valence electrons. The van der Waals surface area contributed by atoms with Crippen molar-refractivity contribution in [3.05, 3.63) is 29.8 Å². The lowest BCUT2D eigenvalue weighted by molar-refractivity contribution is -0.140. The maximum absolute atomic E-state index is 12.1. The van der Waals surface area contributed by atoms with E-state index in [2.05, 4.69) is 12.2 Å². The van der Waals surface area contributed by atoms with Gasteiger partial charge in [-0.25, -0.2) is 0 Å². The molecule has 0 aliphatic carbocycles. The number of anilines is 1. The number of nitrogens with zero attached hydrogens (tertiary/aromatic N) is 1. The predicted octanol–water partition coefficient (Wildman–Crippen LogP) is 2.20. The molecule has 0 saturated carbocycles. The van der Waals surface area contributed by atoms with Gasteiger partial charge in [0.2, 0.25) is 5.91 Å². The summed E-state index contributed by atoms with van der Waals surface area (Å²) in [6, 6.07) is 7.47. The van der Waals surface area contributed by atoms with Crippen LogP contribution in [0.15, 0.2) is 24.3 Å². The lowest BCUT2D eigenvalue weighted by Crippen LogP contribution is -2.39. The highest BCUT2D eigenvalue weighted by atomic mass is 16.2. The van der Waals surface area contributed by atoms with Crippen LogP contribution in [0.25, 0.3) is 0 Å². The standard InChI is InChI=1S/C15H20N2O2/c1-4-11-5-7-12(8-6-11)16-13-9-14(18)17(10(2)3)15(13)19/h5-8,10,13,16H,4,9H2,1-3H3. The molecule has 0 spiro atoms. The third-order valence-corrected chi connectivity index (χ3v) is 3.40. The summed E-state index contributed by atoms with van der Waals surface area (Å²) in [7, 11) is 0. The van der Waals surface area contributed by atoms with Crippen molar-refractivity contribution in [3.8, 4) is 0 Å². The second-order valence-corrected chi connectivity index (χ2v) is 5.15. The molecule has 1 fully saturated rings. The summed E-state index contributed by atoms with van der Waals surface area (Å²) in [5.74, 6) is -0.220. The number of imide groups is 1. The van der Waals surface area contributed by atoms with Gasteiger partial charge in [-0.05, 0) is 38.0 Å². The average molecular weight is 260 g/mol. The van der Waals surface area contributed by atoms with Gasteiger partial charge in [0.1, 0.15) is 6.04 Å². The Morgan fingerprint density at radius 1 is 1.26 bits per heavy atom. The van der Waals surface area contributed by atoms with Gasteiger partial charge in [-0.3, -0.25) is 14.5 Å². The Hall–Kier alpha value is -1.84. The summed E-state index contributed by atoms with van der Waals surface area (Å²) in [5.41, 5.74) is 2.14. The number of nitrogens with one attached hydrogen (secondary N) is 1. The van der Waals surface area contributed by atoms with E-state index >= 15 is 0 Å². The highest BCUT2D eigenvalue weighted by molar-refractivity contribution is 6.07. The van der Waals surface area contributed by atoms with E-state index < -0.39 is 6.04 Å². The maximum atomic E-state index is 12.1. The van der Waals surface area contributed by atoms with E-state index in [0.717, 1.165) is 12.1 Å². The Balaban J connectivity index is 2.07. The minimum Gasteiger partial charge on any atom is -0.373 e. The summed E-state index contributed by atoms with van der Waals surface area (Å²) in [4.78, 5) is 25.3. The Kier molecular flexibility index (Phi) is 3.88. The van der Waals surface area contributed by atoms with Gasteiger partial charge in [-0.1, -0.05) is 19.1 Å². The van der Waals surface area contributed by atoms with E-state index in [4.69, 9.17) is 0 Å². The second-order valence-electron chi connectivity index (χ2n) is 5.15. The predicted molar refractivity (Wildman–Crippen MR) is 74.8 cm³/mol. The molecule has 0 radical (unpaired) electrons. The van der Waals surface area contributed by atoms with Gasteiger partial charge >= 0.3 is 0 Å². The monoisotopic (exact) mass is 260 g/mol. The summed E-state index contributed by atoms with van der Waals surface area (Å²) < 4.78 is 0. The smallest absolute Gasteiger partial charge is 0.252 e. The maximum Gasteiger partial charge on any atom is 0.252 e. The summed E-state index contributed by atoms with van der Waals surface area (Å²) in [5, 5.41) is 3.15. The number of aryl methyl sites for hydroxylation is 1. The van der Waals surface area contributed by atoms with Crippen LogP contribution in [0.4, 0.5) is 5.69 Å². The zero-order chi connectivity index (χ0) is 14.0. The van der Waals surface area contributed by atoms with Crippen molar-refractivity contribution in [3.63, 3.8) is 0 Å². The molecule has 2 rings (SSSR count). The molecule has 1 heterocycles. The molecule has 1 aromatic carbocycles. The summed E-state index contributed by atoms with van der Waals surface area (Å²) >= 11 is 0. The molecule has 19 heavy (non-hydrogen) atoms. The fraction of sp³-hybridized carbons (Fsp3) is 0.467. The Morgan fingerprint density at radius 2 is 1.89 bits per heavy atom. The van der Waals surface area contributed by atoms with Crippen LogP contribution in [-0.2, 0) is 16.0 Å². The molecule has 1 saturated heterocycles. The zero-order valence-corrected chi connectivity index (χ0v) is 11.6. The molecule has 1 aromatic rings. The summed E-state index contributed by atoms with van der Waals surface area (Å²) in [6.07, 6.45) is 1.23. The first-order valence-corrected chi connectivity index (χ1v) is 6.74. The number of likely N-dealkylation sites (tertiary alicyclic amines) is 1. The molecule has 1 aliphatic rings. The van der Waals surface area contributed by atoms with Crippen LogP contribution >= 0.6 is 0 Å². The Bertz CT molecular complexity index is 479. The minimum atomic E-state index is -0.428. The van der Waals surface area contributed by atoms with Gasteiger partial charge in [-0.2, -0.15) is 0 Å². The van der Waals surface area contributed by atoms with Crippen LogP contribution in [0.3, 0.4) is 0 Å². The van der Waals surface area contributed by atoms with Gasteiger partial charge < -0.3 is 5.32 Å². The number of carbonyl (C=O) groups is 2. The molecular formula is C15H20N2O2. The van der Waals surface area contributed by atoms with E-state index in [1.807, 2.05) is 38.1 Å². The van der Waals surface area contributed by atoms with Gasteiger partial charge in [0.25, 0.3) is 5.91 Å². The highest BCUT2D eigenvalue weighted by Crippen LogP contribution is 2.20. The van der Waals surface area contributed by atoms with Crippen LogP contribution < -0.4 is 5.32 Å². The number of hydrogen-bond donors (Lipinski definition) is 1. The van der Waals surface area contributed by atoms with E-state index in [1.165, 1.54) is 10.5 Å². The largest absolute Gasteiger partial charge is 0.373 e. The molecule has 1 aliphatic heterocycles. The van der Waals surface area contributed by atoms with Crippen LogP contribution in [-0.4, -0.2) is 28.8 Å². The number of rotatable bonds is 4. The topological polar surface area (TPSA) is 49.4 Å². The van der Waals surface area contributed by atoms with Crippen LogP contribution in [0, 0.1) is 0 Å². The minimum absolute atomic E-state index is 0.0748. The van der Waals surface area contributed by atoms with E-state index in [9.17, 15) is 9.59 Å². The van der Waals surface area contributed by atoms with Crippen LogP contribution in [0.1, 0.15) is 32.8 Å². The van der Waals surface area contributed by atoms with E-state index in [1.54, 1.807) is 0 Å². The Morgan fingerprint density at radius 3 is 2.37 bits per heavy atom. The molecule has 1 N–H and O–H groups in total. The fourth-order valence-corrected chi connectivity index (χ4v) is 2.34. The van der Waals surface area contributed by atoms with Gasteiger partial charge in [0.05, 0.1) is 6.42 Å². The van der Waals surface area contributed by atoms with Gasteiger partial charge in [0, 0.05) is 11.7 Å². The first-order valence-electron chi connectivity index (χ1n) is 6.74. The van der Waals surface area contributed by atoms with Crippen molar-refractivity contribution in [2.75, 3.05) is 5.32 Å². The molecule has 0 aromatic heterocycles. The lowest BCUT2D eigenvalue weighted by Gasteiger charge is -2.19. The third-order valence-electron chi connectivity index (χ3n) is 3.40. The fourth-order valence-electron chi connectivity index (χ4n) is 2.34. The van der Waals surface area contributed by atoms with Crippen molar-refractivity contribution in [2.24, 2.45) is 0 Å². The summed E-state index contributed by atoms with van der Waals surface area (Å²) in [6.45, 7) is 5.81. The van der Waals surface area contributed by atoms with Gasteiger partial charge in [0.15, 0.2) is 0 Å². The van der Waals surface area contributed by atoms with Crippen molar-refractivity contribution in [2.45, 2.75) is 45.7 Å². The number of carbonyl (C=O) groups excluding carboxylic acids is 2. The quantitative estimate of drug-likeness (QED) is 0.844. The van der Waals surface area contributed by atoms with E-state index in [0.29, 0.717) is 0 Å². The van der Waals surface area contributed by atoms with Crippen molar-refractivity contribution in [1.82, 2.24) is 4.90 Å². The first-order chi connectivity index (χ1) is 9.02. The molecule has 0 bridgehead atoms. The average Bonchev–Trinajstić information content (AvgIpc) is 2.65. The van der Waals surface area contributed by atoms with Crippen LogP contribution in [0.5, 0.6) is 0 Å². The third kappa shape index (κ3) is 2.78. The number of benzene rings is 1. The van der Waals surface area contributed by atoms with Crippen molar-refractivity contribution >= 4 is 17.5 Å². The molecule has 1 unspecified atom stereocenters. The number of hydrogen-bond acceptors (Lipinski definition) is 3. The Labute approximate surface area is 113 Å². The molecular weight excluding hydrogens is 240 g/mol. The molecule has 4 heteroatoms.